The summed E-state index contributed by atoms with van der Waals surface area (Å²) in [5.41, 5.74) is 0.793. The summed E-state index contributed by atoms with van der Waals surface area (Å²) in [4.78, 5) is 0. The van der Waals surface area contributed by atoms with Crippen molar-refractivity contribution in [3.8, 4) is 11.5 Å². The van der Waals surface area contributed by atoms with E-state index in [0.29, 0.717) is 6.54 Å². The highest BCUT2D eigenvalue weighted by molar-refractivity contribution is 5.41. The first kappa shape index (κ1) is 13.4. The summed E-state index contributed by atoms with van der Waals surface area (Å²) in [6, 6.07) is 5.17. The Labute approximate surface area is 112 Å². The molecule has 2 rings (SSSR count). The quantitative estimate of drug-likeness (QED) is 0.851. The number of nitrogens with one attached hydrogen (secondary N) is 1. The lowest BCUT2D eigenvalue weighted by molar-refractivity contribution is 0.407. The molecule has 0 aliphatic carbocycles. The van der Waals surface area contributed by atoms with Crippen LogP contribution < -0.4 is 10.1 Å². The normalized spacial score (nSPS) is 12.4. The van der Waals surface area contributed by atoms with Gasteiger partial charge < -0.3 is 19.7 Å². The lowest BCUT2D eigenvalue weighted by atomic mass is 10.1. The number of aromatic nitrogens is 3. The van der Waals surface area contributed by atoms with Crippen molar-refractivity contribution in [2.45, 2.75) is 19.5 Å². The maximum absolute atomic E-state index is 9.88. The number of rotatable bonds is 5. The second-order valence-corrected chi connectivity index (χ2v) is 4.39. The molecule has 1 heterocycles. The third kappa shape index (κ3) is 3.03. The second kappa shape index (κ2) is 5.71. The van der Waals surface area contributed by atoms with Crippen LogP contribution in [-0.2, 0) is 13.6 Å². The molecule has 0 aliphatic heterocycles. The monoisotopic (exact) mass is 262 g/mol. The maximum atomic E-state index is 9.88. The third-order valence-electron chi connectivity index (χ3n) is 3.07. The lowest BCUT2D eigenvalue weighted by Gasteiger charge is -2.16. The fourth-order valence-corrected chi connectivity index (χ4v) is 1.83. The highest BCUT2D eigenvalue weighted by Crippen LogP contribution is 2.28. The Morgan fingerprint density at radius 3 is 2.89 bits per heavy atom. The molecule has 1 aromatic heterocycles. The number of nitrogens with zero attached hydrogens (tertiary/aromatic N) is 3. The average Bonchev–Trinajstić information content (AvgIpc) is 2.82. The van der Waals surface area contributed by atoms with Gasteiger partial charge in [-0.05, 0) is 25.1 Å². The summed E-state index contributed by atoms with van der Waals surface area (Å²) in [6.45, 7) is 2.55. The number of ether oxygens (including phenoxy) is 1. The molecule has 19 heavy (non-hydrogen) atoms. The Hall–Kier alpha value is -2.08. The number of hydrogen-bond acceptors (Lipinski definition) is 5. The number of benzene rings is 1. The molecule has 0 saturated heterocycles. The molecule has 0 fully saturated rings. The van der Waals surface area contributed by atoms with Crippen molar-refractivity contribution in [1.29, 1.82) is 0 Å². The number of phenols is 1. The van der Waals surface area contributed by atoms with Crippen LogP contribution in [0.25, 0.3) is 0 Å². The molecule has 2 N–H and O–H groups in total. The fraction of sp³-hybridized carbons (Fsp3) is 0.385. The van der Waals surface area contributed by atoms with E-state index in [2.05, 4.69) is 15.5 Å². The van der Waals surface area contributed by atoms with Gasteiger partial charge in [-0.15, -0.1) is 10.2 Å². The van der Waals surface area contributed by atoms with Crippen LogP contribution >= 0.6 is 0 Å². The van der Waals surface area contributed by atoms with E-state index >= 15 is 0 Å². The van der Waals surface area contributed by atoms with Gasteiger partial charge in [-0.2, -0.15) is 0 Å². The van der Waals surface area contributed by atoms with Gasteiger partial charge in [-0.1, -0.05) is 0 Å². The van der Waals surface area contributed by atoms with Crippen LogP contribution in [0, 0.1) is 0 Å². The first-order valence-corrected chi connectivity index (χ1v) is 6.05. The first-order chi connectivity index (χ1) is 9.11. The molecule has 6 nitrogen and oxygen atoms in total. The van der Waals surface area contributed by atoms with Crippen molar-refractivity contribution in [1.82, 2.24) is 20.1 Å². The predicted molar refractivity (Wildman–Crippen MR) is 70.9 cm³/mol. The summed E-state index contributed by atoms with van der Waals surface area (Å²) < 4.78 is 7.02. The molecule has 0 aliphatic rings. The number of aromatic hydroxyl groups is 1. The van der Waals surface area contributed by atoms with Crippen LogP contribution in [-0.4, -0.2) is 27.0 Å². The minimum absolute atomic E-state index is 0.0215. The van der Waals surface area contributed by atoms with Gasteiger partial charge in [-0.25, -0.2) is 0 Å². The SMILES string of the molecule is COc1ccc(O)c(C(C)NCc2nncn2C)c1. The van der Waals surface area contributed by atoms with E-state index in [-0.39, 0.29) is 11.8 Å². The van der Waals surface area contributed by atoms with Gasteiger partial charge in [0.1, 0.15) is 23.7 Å². The number of hydrogen-bond donors (Lipinski definition) is 2. The van der Waals surface area contributed by atoms with Crippen LogP contribution in [0.3, 0.4) is 0 Å². The minimum Gasteiger partial charge on any atom is -0.508 e. The number of phenolic OH excluding ortho intramolecular Hbond substituents is 1. The van der Waals surface area contributed by atoms with Gasteiger partial charge >= 0.3 is 0 Å². The molecule has 0 saturated carbocycles. The second-order valence-electron chi connectivity index (χ2n) is 4.39. The molecule has 1 atom stereocenters. The predicted octanol–water partition coefficient (Wildman–Crippen LogP) is 1.38. The van der Waals surface area contributed by atoms with Crippen molar-refractivity contribution in [2.24, 2.45) is 7.05 Å². The van der Waals surface area contributed by atoms with E-state index < -0.39 is 0 Å². The zero-order valence-electron chi connectivity index (χ0n) is 11.3. The van der Waals surface area contributed by atoms with E-state index in [1.54, 1.807) is 25.6 Å². The van der Waals surface area contributed by atoms with Gasteiger partial charge in [0, 0.05) is 18.7 Å². The Balaban J connectivity index is 2.07. The lowest BCUT2D eigenvalue weighted by Crippen LogP contribution is -2.20. The standard InChI is InChI=1S/C13H18N4O2/c1-9(14-7-13-16-15-8-17(13)2)11-6-10(19-3)4-5-12(11)18/h4-6,8-9,14,18H,7H2,1-3H3. The zero-order valence-corrected chi connectivity index (χ0v) is 11.3. The summed E-state index contributed by atoms with van der Waals surface area (Å²) in [6.07, 6.45) is 1.66. The van der Waals surface area contributed by atoms with Gasteiger partial charge in [-0.3, -0.25) is 0 Å². The highest BCUT2D eigenvalue weighted by Gasteiger charge is 2.12. The van der Waals surface area contributed by atoms with Crippen molar-refractivity contribution < 1.29 is 9.84 Å². The molecule has 0 amide bonds. The van der Waals surface area contributed by atoms with Crippen molar-refractivity contribution in [3.63, 3.8) is 0 Å². The third-order valence-corrected chi connectivity index (χ3v) is 3.07. The van der Waals surface area contributed by atoms with Gasteiger partial charge in [0.05, 0.1) is 13.7 Å². The summed E-state index contributed by atoms with van der Waals surface area (Å²) >= 11 is 0. The molecule has 2 aromatic rings. The minimum atomic E-state index is -0.0215. The summed E-state index contributed by atoms with van der Waals surface area (Å²) in [7, 11) is 3.50. The van der Waals surface area contributed by atoms with Crippen molar-refractivity contribution in [2.75, 3.05) is 7.11 Å². The van der Waals surface area contributed by atoms with Crippen LogP contribution in [0.2, 0.25) is 0 Å². The van der Waals surface area contributed by atoms with Gasteiger partial charge in [0.15, 0.2) is 0 Å². The van der Waals surface area contributed by atoms with Crippen LogP contribution in [0.15, 0.2) is 24.5 Å². The number of methoxy groups -OCH3 is 1. The first-order valence-electron chi connectivity index (χ1n) is 6.05. The van der Waals surface area contributed by atoms with E-state index in [1.165, 1.54) is 0 Å². The molecule has 1 aromatic carbocycles. The van der Waals surface area contributed by atoms with E-state index in [9.17, 15) is 5.11 Å². The molecule has 6 heteroatoms. The Bertz CT molecular complexity index is 553. The molecule has 1 unspecified atom stereocenters. The summed E-state index contributed by atoms with van der Waals surface area (Å²) in [5, 5.41) is 21.0. The Kier molecular flexibility index (Phi) is 4.01. The fourth-order valence-electron chi connectivity index (χ4n) is 1.83. The molecule has 0 radical (unpaired) electrons. The van der Waals surface area contributed by atoms with Gasteiger partial charge in [0.2, 0.25) is 0 Å². The summed E-state index contributed by atoms with van der Waals surface area (Å²) in [5.74, 6) is 1.81. The number of aryl methyl sites for hydroxylation is 1. The zero-order chi connectivity index (χ0) is 13.8. The molecular weight excluding hydrogens is 244 g/mol. The van der Waals surface area contributed by atoms with Gasteiger partial charge in [0.25, 0.3) is 0 Å². The molecule has 0 bridgehead atoms. The molecular formula is C13H18N4O2. The Morgan fingerprint density at radius 2 is 2.26 bits per heavy atom. The van der Waals surface area contributed by atoms with Crippen LogP contribution in [0.5, 0.6) is 11.5 Å². The largest absolute Gasteiger partial charge is 0.508 e. The van der Waals surface area contributed by atoms with Crippen molar-refractivity contribution >= 4 is 0 Å². The van der Waals surface area contributed by atoms with E-state index in [1.807, 2.05) is 24.6 Å². The van der Waals surface area contributed by atoms with Crippen LogP contribution in [0.1, 0.15) is 24.4 Å². The molecule has 0 spiro atoms. The average molecular weight is 262 g/mol. The Morgan fingerprint density at radius 1 is 1.47 bits per heavy atom. The molecule has 102 valence electrons. The van der Waals surface area contributed by atoms with Crippen LogP contribution in [0.4, 0.5) is 0 Å². The maximum Gasteiger partial charge on any atom is 0.146 e. The van der Waals surface area contributed by atoms with E-state index in [0.717, 1.165) is 17.1 Å². The van der Waals surface area contributed by atoms with Crippen molar-refractivity contribution in [3.05, 3.63) is 35.9 Å². The highest BCUT2D eigenvalue weighted by atomic mass is 16.5. The topological polar surface area (TPSA) is 72.2 Å². The van der Waals surface area contributed by atoms with E-state index in [4.69, 9.17) is 4.74 Å². The smallest absolute Gasteiger partial charge is 0.146 e.